The van der Waals surface area contributed by atoms with Gasteiger partial charge in [0.2, 0.25) is 0 Å². The van der Waals surface area contributed by atoms with E-state index >= 15 is 0 Å². The summed E-state index contributed by atoms with van der Waals surface area (Å²) in [5, 5.41) is 0. The van der Waals surface area contributed by atoms with E-state index in [1.54, 1.807) is 0 Å². The second-order valence-corrected chi connectivity index (χ2v) is 15.1. The lowest BCUT2D eigenvalue weighted by molar-refractivity contribution is -0.174. The van der Waals surface area contributed by atoms with Crippen molar-refractivity contribution >= 4 is 0 Å². The topological polar surface area (TPSA) is 40.2 Å². The molecule has 0 aliphatic carbocycles. The number of hydrogen-bond donors (Lipinski definition) is 0. The fraction of sp³-hybridized carbons (Fsp3) is 1.00. The Hall–Kier alpha value is -0.200. The van der Waals surface area contributed by atoms with Crippen LogP contribution in [0.1, 0.15) is 196 Å². The third-order valence-corrected chi connectivity index (χ3v) is 9.71. The largest absolute Gasteiger partial charge is 0.348 e. The van der Waals surface area contributed by atoms with E-state index < -0.39 is 11.6 Å². The van der Waals surface area contributed by atoms with Crippen LogP contribution in [0.2, 0.25) is 0 Å². The normalized spacial score (nSPS) is 22.8. The van der Waals surface area contributed by atoms with Crippen LogP contribution in [-0.4, -0.2) is 61.0 Å². The van der Waals surface area contributed by atoms with Gasteiger partial charge < -0.3 is 23.8 Å². The highest BCUT2D eigenvalue weighted by Gasteiger charge is 2.49. The average molecular weight is 624 g/mol. The summed E-state index contributed by atoms with van der Waals surface area (Å²) in [6.45, 7) is 16.5. The molecule has 2 aliphatic heterocycles. The first-order valence-electron chi connectivity index (χ1n) is 19.7. The number of nitrogens with zero attached hydrogens (tertiary/aromatic N) is 1. The first-order valence-corrected chi connectivity index (χ1v) is 19.7. The van der Waals surface area contributed by atoms with Crippen molar-refractivity contribution in [2.75, 3.05) is 26.2 Å². The Balaban J connectivity index is 1.70. The maximum atomic E-state index is 6.50. The molecule has 0 radical (unpaired) electrons. The van der Waals surface area contributed by atoms with Gasteiger partial charge in [0.1, 0.15) is 18.3 Å². The molecule has 5 heteroatoms. The monoisotopic (exact) mass is 624 g/mol. The van der Waals surface area contributed by atoms with E-state index in [1.165, 1.54) is 154 Å². The van der Waals surface area contributed by atoms with E-state index in [9.17, 15) is 0 Å². The van der Waals surface area contributed by atoms with Gasteiger partial charge in [-0.05, 0) is 53.6 Å². The molecule has 0 aromatic carbocycles. The van der Waals surface area contributed by atoms with Gasteiger partial charge in [0.05, 0.1) is 6.61 Å². The Morgan fingerprint density at radius 1 is 0.477 bits per heavy atom. The minimum absolute atomic E-state index is 0.0159. The Kier molecular flexibility index (Phi) is 21.8. The Morgan fingerprint density at radius 2 is 0.864 bits per heavy atom. The summed E-state index contributed by atoms with van der Waals surface area (Å²) >= 11 is 0. The summed E-state index contributed by atoms with van der Waals surface area (Å²) in [7, 11) is 0. The molecule has 262 valence electrons. The molecule has 0 spiro atoms. The second kappa shape index (κ2) is 24.0. The van der Waals surface area contributed by atoms with Crippen LogP contribution in [0.5, 0.6) is 0 Å². The van der Waals surface area contributed by atoms with E-state index in [4.69, 9.17) is 18.9 Å². The Labute approximate surface area is 275 Å². The van der Waals surface area contributed by atoms with Gasteiger partial charge in [-0.25, -0.2) is 0 Å². The maximum Gasteiger partial charge on any atom is 0.163 e. The highest BCUT2D eigenvalue weighted by Crippen LogP contribution is 2.36. The summed E-state index contributed by atoms with van der Waals surface area (Å²) in [5.74, 6) is -1.13. The molecule has 0 unspecified atom stereocenters. The second-order valence-electron chi connectivity index (χ2n) is 15.1. The lowest BCUT2D eigenvalue weighted by atomic mass is 10.0. The molecule has 2 rings (SSSR count). The highest BCUT2D eigenvalue weighted by molar-refractivity contribution is 4.92. The summed E-state index contributed by atoms with van der Waals surface area (Å²) in [6.07, 6.45) is 33.4. The van der Waals surface area contributed by atoms with Crippen molar-refractivity contribution in [2.24, 2.45) is 0 Å². The summed E-state index contributed by atoms with van der Waals surface area (Å²) in [5.41, 5.74) is 0. The van der Waals surface area contributed by atoms with Crippen molar-refractivity contribution < 1.29 is 18.9 Å². The molecule has 0 amide bonds. The van der Waals surface area contributed by atoms with Gasteiger partial charge in [0.15, 0.2) is 11.6 Å². The standard InChI is InChI=1S/C39H77NO4/c1-7-9-11-13-15-17-19-21-23-25-27-29-31-40(32-30-28-26-24-22-20-18-16-14-12-10-8-2)33-35-37(44-39(5,6)42-35)36-34-41-38(3,4)43-36/h35-37H,7-34H2,1-6H3/t35-,36-,37+/m1/s1. The summed E-state index contributed by atoms with van der Waals surface area (Å²) < 4.78 is 25.1. The molecule has 2 aliphatic rings. The van der Waals surface area contributed by atoms with E-state index in [0.717, 1.165) is 19.6 Å². The number of ether oxygens (including phenoxy) is 4. The van der Waals surface area contributed by atoms with Crippen molar-refractivity contribution in [1.29, 1.82) is 0 Å². The molecular weight excluding hydrogens is 546 g/mol. The smallest absolute Gasteiger partial charge is 0.163 e. The molecule has 2 saturated heterocycles. The van der Waals surface area contributed by atoms with Crippen LogP contribution in [0.4, 0.5) is 0 Å². The van der Waals surface area contributed by atoms with Crippen LogP contribution in [0.3, 0.4) is 0 Å². The van der Waals surface area contributed by atoms with Crippen molar-refractivity contribution in [2.45, 2.75) is 226 Å². The first kappa shape index (κ1) is 40.0. The fourth-order valence-electron chi connectivity index (χ4n) is 7.10. The molecule has 0 bridgehead atoms. The average Bonchev–Trinajstić information content (AvgIpc) is 3.50. The number of unbranched alkanes of at least 4 members (excludes halogenated alkanes) is 22. The van der Waals surface area contributed by atoms with Gasteiger partial charge in [-0.1, -0.05) is 155 Å². The van der Waals surface area contributed by atoms with Crippen LogP contribution in [0.15, 0.2) is 0 Å². The lowest BCUT2D eigenvalue weighted by Gasteiger charge is -2.29. The lowest BCUT2D eigenvalue weighted by Crippen LogP contribution is -2.44. The summed E-state index contributed by atoms with van der Waals surface area (Å²) in [6, 6.07) is 0. The molecular formula is C39H77NO4. The van der Waals surface area contributed by atoms with Gasteiger partial charge in [-0.15, -0.1) is 0 Å². The van der Waals surface area contributed by atoms with Crippen LogP contribution >= 0.6 is 0 Å². The van der Waals surface area contributed by atoms with Crippen molar-refractivity contribution in [1.82, 2.24) is 4.90 Å². The van der Waals surface area contributed by atoms with E-state index in [0.29, 0.717) is 6.61 Å². The van der Waals surface area contributed by atoms with E-state index in [2.05, 4.69) is 18.7 Å². The maximum absolute atomic E-state index is 6.50. The molecule has 0 aromatic heterocycles. The molecule has 0 N–H and O–H groups in total. The molecule has 2 fully saturated rings. The molecule has 5 nitrogen and oxygen atoms in total. The quantitative estimate of drug-likeness (QED) is 0.0775. The third-order valence-electron chi connectivity index (χ3n) is 9.71. The van der Waals surface area contributed by atoms with Crippen LogP contribution in [-0.2, 0) is 18.9 Å². The molecule has 44 heavy (non-hydrogen) atoms. The predicted octanol–water partition coefficient (Wildman–Crippen LogP) is 11.4. The van der Waals surface area contributed by atoms with Gasteiger partial charge in [0, 0.05) is 6.54 Å². The van der Waals surface area contributed by atoms with Gasteiger partial charge in [0.25, 0.3) is 0 Å². The minimum Gasteiger partial charge on any atom is -0.348 e. The zero-order valence-electron chi connectivity index (χ0n) is 30.6. The third kappa shape index (κ3) is 18.8. The van der Waals surface area contributed by atoms with Crippen LogP contribution in [0, 0.1) is 0 Å². The van der Waals surface area contributed by atoms with Crippen molar-refractivity contribution in [3.05, 3.63) is 0 Å². The van der Waals surface area contributed by atoms with Crippen molar-refractivity contribution in [3.8, 4) is 0 Å². The van der Waals surface area contributed by atoms with E-state index in [1.807, 2.05) is 27.7 Å². The molecule has 0 aromatic rings. The fourth-order valence-corrected chi connectivity index (χ4v) is 7.10. The SMILES string of the molecule is CCCCCCCCCCCCCCN(CCCCCCCCCCCCCC)C[C@H]1OC(C)(C)O[C@@H]1[C@H]1COC(C)(C)O1. The zero-order valence-corrected chi connectivity index (χ0v) is 30.6. The van der Waals surface area contributed by atoms with Gasteiger partial charge in [-0.3, -0.25) is 0 Å². The molecule has 2 heterocycles. The number of rotatable bonds is 29. The molecule has 0 saturated carbocycles. The molecule has 3 atom stereocenters. The first-order chi connectivity index (χ1) is 21.3. The van der Waals surface area contributed by atoms with E-state index in [-0.39, 0.29) is 18.3 Å². The highest BCUT2D eigenvalue weighted by atomic mass is 16.8. The van der Waals surface area contributed by atoms with Gasteiger partial charge in [-0.2, -0.15) is 0 Å². The minimum atomic E-state index is -0.580. The Morgan fingerprint density at radius 3 is 1.23 bits per heavy atom. The summed E-state index contributed by atoms with van der Waals surface area (Å²) in [4.78, 5) is 2.68. The van der Waals surface area contributed by atoms with Crippen LogP contribution in [0.25, 0.3) is 0 Å². The predicted molar refractivity (Wildman–Crippen MR) is 187 cm³/mol. The number of hydrogen-bond acceptors (Lipinski definition) is 5. The zero-order chi connectivity index (χ0) is 31.9. The van der Waals surface area contributed by atoms with Crippen LogP contribution < -0.4 is 0 Å². The Bertz CT molecular complexity index is 641. The van der Waals surface area contributed by atoms with Crippen molar-refractivity contribution in [3.63, 3.8) is 0 Å². The van der Waals surface area contributed by atoms with Gasteiger partial charge >= 0.3 is 0 Å².